The maximum absolute atomic E-state index is 6.29. The van der Waals surface area contributed by atoms with Crippen molar-refractivity contribution >= 4 is 11.6 Å². The second-order valence-corrected chi connectivity index (χ2v) is 4.15. The summed E-state index contributed by atoms with van der Waals surface area (Å²) in [6.45, 7) is 2.07. The zero-order valence-electron chi connectivity index (χ0n) is 8.57. The van der Waals surface area contributed by atoms with Gasteiger partial charge in [-0.3, -0.25) is 0 Å². The summed E-state index contributed by atoms with van der Waals surface area (Å²) < 4.78 is 0. The molecule has 0 aliphatic heterocycles. The first kappa shape index (κ1) is 10.2. The zero-order valence-corrected chi connectivity index (χ0v) is 9.33. The summed E-state index contributed by atoms with van der Waals surface area (Å²) in [5.41, 5.74) is 2.39. The third-order valence-corrected chi connectivity index (χ3v) is 2.77. The van der Waals surface area contributed by atoms with Crippen LogP contribution in [0.15, 0.2) is 36.7 Å². The van der Waals surface area contributed by atoms with Gasteiger partial charge in [-0.2, -0.15) is 0 Å². The van der Waals surface area contributed by atoms with Gasteiger partial charge in [0.05, 0.1) is 5.38 Å². The molecule has 1 heterocycles. The first-order chi connectivity index (χ1) is 7.25. The summed E-state index contributed by atoms with van der Waals surface area (Å²) in [6, 6.07) is 8.28. The van der Waals surface area contributed by atoms with Gasteiger partial charge in [-0.25, -0.2) is 4.98 Å². The van der Waals surface area contributed by atoms with Gasteiger partial charge in [0.2, 0.25) is 0 Å². The fourth-order valence-electron chi connectivity index (χ4n) is 1.47. The second kappa shape index (κ2) is 4.49. The van der Waals surface area contributed by atoms with E-state index in [1.54, 1.807) is 6.20 Å². The molecule has 2 aromatic rings. The topological polar surface area (TPSA) is 28.7 Å². The highest BCUT2D eigenvalue weighted by Crippen LogP contribution is 2.23. The van der Waals surface area contributed by atoms with Gasteiger partial charge >= 0.3 is 0 Å². The van der Waals surface area contributed by atoms with E-state index in [0.717, 1.165) is 17.8 Å². The van der Waals surface area contributed by atoms with Gasteiger partial charge in [0, 0.05) is 18.8 Å². The van der Waals surface area contributed by atoms with Crippen molar-refractivity contribution < 1.29 is 0 Å². The number of H-pyrrole nitrogens is 1. The summed E-state index contributed by atoms with van der Waals surface area (Å²) in [5.74, 6) is 0.926. The average Bonchev–Trinajstić information content (AvgIpc) is 2.71. The van der Waals surface area contributed by atoms with Crippen LogP contribution in [-0.4, -0.2) is 9.97 Å². The smallest absolute Gasteiger partial charge is 0.107 e. The van der Waals surface area contributed by atoms with Crippen LogP contribution in [0.5, 0.6) is 0 Å². The van der Waals surface area contributed by atoms with E-state index >= 15 is 0 Å². The Hall–Kier alpha value is -1.28. The molecule has 1 N–H and O–H groups in total. The third-order valence-electron chi connectivity index (χ3n) is 2.37. The van der Waals surface area contributed by atoms with Crippen molar-refractivity contribution in [2.45, 2.75) is 18.7 Å². The van der Waals surface area contributed by atoms with E-state index < -0.39 is 0 Å². The summed E-state index contributed by atoms with van der Waals surface area (Å²) in [5, 5.41) is -0.0169. The molecule has 1 aromatic heterocycles. The first-order valence-corrected chi connectivity index (χ1v) is 5.38. The maximum Gasteiger partial charge on any atom is 0.107 e. The number of aromatic amines is 1. The number of rotatable bonds is 3. The van der Waals surface area contributed by atoms with Gasteiger partial charge in [0.25, 0.3) is 0 Å². The number of aryl methyl sites for hydroxylation is 1. The summed E-state index contributed by atoms with van der Waals surface area (Å²) in [7, 11) is 0. The van der Waals surface area contributed by atoms with Gasteiger partial charge in [0.1, 0.15) is 5.82 Å². The molecule has 0 amide bonds. The van der Waals surface area contributed by atoms with E-state index in [1.165, 1.54) is 5.56 Å². The maximum atomic E-state index is 6.29. The quantitative estimate of drug-likeness (QED) is 0.791. The van der Waals surface area contributed by atoms with Crippen LogP contribution in [0.3, 0.4) is 0 Å². The standard InChI is InChI=1S/C12H13ClN2/c1-9-2-4-10(5-3-9)11(13)8-12-14-6-7-15-12/h2-7,11H,8H2,1H3,(H,14,15). The van der Waals surface area contributed by atoms with E-state index in [9.17, 15) is 0 Å². The molecule has 0 saturated heterocycles. The lowest BCUT2D eigenvalue weighted by molar-refractivity contribution is 0.854. The Labute approximate surface area is 94.3 Å². The zero-order chi connectivity index (χ0) is 10.7. The molecule has 0 aliphatic rings. The van der Waals surface area contributed by atoms with Crippen LogP contribution in [0.25, 0.3) is 0 Å². The Kier molecular flexibility index (Phi) is 3.07. The molecule has 1 atom stereocenters. The highest BCUT2D eigenvalue weighted by molar-refractivity contribution is 6.20. The van der Waals surface area contributed by atoms with E-state index in [0.29, 0.717) is 0 Å². The van der Waals surface area contributed by atoms with Crippen LogP contribution in [0, 0.1) is 6.92 Å². The van der Waals surface area contributed by atoms with Crippen molar-refractivity contribution in [3.05, 3.63) is 53.6 Å². The number of imidazole rings is 1. The fraction of sp³-hybridized carbons (Fsp3) is 0.250. The Bertz CT molecular complexity index is 406. The number of halogens is 1. The van der Waals surface area contributed by atoms with Crippen molar-refractivity contribution in [3.63, 3.8) is 0 Å². The van der Waals surface area contributed by atoms with Crippen LogP contribution < -0.4 is 0 Å². The number of benzene rings is 1. The lowest BCUT2D eigenvalue weighted by Gasteiger charge is -2.08. The molecule has 78 valence electrons. The molecule has 15 heavy (non-hydrogen) atoms. The van der Waals surface area contributed by atoms with E-state index in [1.807, 2.05) is 6.20 Å². The van der Waals surface area contributed by atoms with Crippen molar-refractivity contribution in [1.29, 1.82) is 0 Å². The molecule has 2 rings (SSSR count). The van der Waals surface area contributed by atoms with Gasteiger partial charge < -0.3 is 4.98 Å². The number of nitrogens with zero attached hydrogens (tertiary/aromatic N) is 1. The number of aromatic nitrogens is 2. The minimum absolute atomic E-state index is 0.0169. The molecule has 1 aromatic carbocycles. The Morgan fingerprint density at radius 2 is 2.07 bits per heavy atom. The van der Waals surface area contributed by atoms with Crippen LogP contribution in [-0.2, 0) is 6.42 Å². The Balaban J connectivity index is 2.08. The first-order valence-electron chi connectivity index (χ1n) is 4.94. The summed E-state index contributed by atoms with van der Waals surface area (Å²) in [4.78, 5) is 7.21. The minimum atomic E-state index is -0.0169. The van der Waals surface area contributed by atoms with Crippen molar-refractivity contribution in [1.82, 2.24) is 9.97 Å². The van der Waals surface area contributed by atoms with Gasteiger partial charge in [-0.1, -0.05) is 29.8 Å². The van der Waals surface area contributed by atoms with Crippen LogP contribution in [0.2, 0.25) is 0 Å². The minimum Gasteiger partial charge on any atom is -0.349 e. The molecule has 0 fully saturated rings. The molecule has 0 saturated carbocycles. The number of alkyl halides is 1. The highest BCUT2D eigenvalue weighted by atomic mass is 35.5. The van der Waals surface area contributed by atoms with E-state index in [2.05, 4.69) is 41.2 Å². The molecule has 2 nitrogen and oxygen atoms in total. The molecule has 1 unspecified atom stereocenters. The lowest BCUT2D eigenvalue weighted by Crippen LogP contribution is -1.97. The summed E-state index contributed by atoms with van der Waals surface area (Å²) >= 11 is 6.29. The van der Waals surface area contributed by atoms with Crippen LogP contribution >= 0.6 is 11.6 Å². The monoisotopic (exact) mass is 220 g/mol. The SMILES string of the molecule is Cc1ccc(C(Cl)Cc2ncc[nH]2)cc1. The number of hydrogen-bond donors (Lipinski definition) is 1. The highest BCUT2D eigenvalue weighted by Gasteiger charge is 2.09. The third kappa shape index (κ3) is 2.60. The fourth-order valence-corrected chi connectivity index (χ4v) is 1.76. The number of nitrogens with one attached hydrogen (secondary N) is 1. The van der Waals surface area contributed by atoms with Gasteiger partial charge in [-0.05, 0) is 12.5 Å². The molecule has 0 radical (unpaired) electrons. The Morgan fingerprint density at radius 1 is 1.33 bits per heavy atom. The second-order valence-electron chi connectivity index (χ2n) is 3.62. The molecular weight excluding hydrogens is 208 g/mol. The average molecular weight is 221 g/mol. The van der Waals surface area contributed by atoms with E-state index in [4.69, 9.17) is 11.6 Å². The van der Waals surface area contributed by atoms with Crippen LogP contribution in [0.1, 0.15) is 22.3 Å². The van der Waals surface area contributed by atoms with Crippen LogP contribution in [0.4, 0.5) is 0 Å². The van der Waals surface area contributed by atoms with Gasteiger partial charge in [-0.15, -0.1) is 11.6 Å². The predicted octanol–water partition coefficient (Wildman–Crippen LogP) is 3.24. The van der Waals surface area contributed by atoms with E-state index in [-0.39, 0.29) is 5.38 Å². The molecule has 0 aliphatic carbocycles. The molecule has 0 bridgehead atoms. The van der Waals surface area contributed by atoms with Crippen molar-refractivity contribution in [2.24, 2.45) is 0 Å². The predicted molar refractivity (Wildman–Crippen MR) is 62.1 cm³/mol. The van der Waals surface area contributed by atoms with Crippen molar-refractivity contribution in [2.75, 3.05) is 0 Å². The Morgan fingerprint density at radius 3 is 2.67 bits per heavy atom. The molecule has 3 heteroatoms. The normalized spacial score (nSPS) is 12.7. The largest absolute Gasteiger partial charge is 0.349 e. The number of hydrogen-bond acceptors (Lipinski definition) is 1. The summed E-state index contributed by atoms with van der Waals surface area (Å²) in [6.07, 6.45) is 4.29. The lowest BCUT2D eigenvalue weighted by atomic mass is 10.1. The molecular formula is C12H13ClN2. The van der Waals surface area contributed by atoms with Gasteiger partial charge in [0.15, 0.2) is 0 Å². The van der Waals surface area contributed by atoms with Crippen molar-refractivity contribution in [3.8, 4) is 0 Å². The molecule has 0 spiro atoms.